The van der Waals surface area contributed by atoms with Crippen molar-refractivity contribution in [3.8, 4) is 5.69 Å². The summed E-state index contributed by atoms with van der Waals surface area (Å²) in [6, 6.07) is 4.43. The lowest BCUT2D eigenvalue weighted by Gasteiger charge is -2.37. The fourth-order valence-electron chi connectivity index (χ4n) is 2.44. The molecule has 1 aromatic heterocycles. The number of carbonyl (C=O) groups is 1. The predicted octanol–water partition coefficient (Wildman–Crippen LogP) is 1.62. The summed E-state index contributed by atoms with van der Waals surface area (Å²) in [5.41, 5.74) is 6.32. The molecule has 0 unspecified atom stereocenters. The number of nitrogens with two attached hydrogens (primary N) is 1. The van der Waals surface area contributed by atoms with E-state index < -0.39 is 5.82 Å². The Bertz CT molecular complexity index is 651. The molecule has 6 nitrogen and oxygen atoms in total. The molecule has 1 fully saturated rings. The number of benzene rings is 1. The van der Waals surface area contributed by atoms with E-state index in [2.05, 4.69) is 15.4 Å². The molecule has 110 valence electrons. The molecule has 1 saturated carbocycles. The van der Waals surface area contributed by atoms with Crippen LogP contribution in [0.15, 0.2) is 30.9 Å². The van der Waals surface area contributed by atoms with Gasteiger partial charge in [0.25, 0.3) is 0 Å². The Morgan fingerprint density at radius 2 is 2.29 bits per heavy atom. The van der Waals surface area contributed by atoms with Crippen molar-refractivity contribution >= 4 is 11.6 Å². The number of hydrogen-bond donors (Lipinski definition) is 2. The highest BCUT2D eigenvalue weighted by Gasteiger charge is 2.34. The normalized spacial score (nSPS) is 16.3. The standard InChI is InChI=1S/C14H16FN5O/c15-11-6-10(2-3-12(11)20-9-17-8-18-20)19-13(21)7-14(16)4-1-5-14/h2-3,6,8-9H,1,4-5,7,16H2,(H,19,21). The zero-order chi connectivity index (χ0) is 14.9. The van der Waals surface area contributed by atoms with Gasteiger partial charge in [0.2, 0.25) is 5.91 Å². The van der Waals surface area contributed by atoms with Crippen LogP contribution in [0.1, 0.15) is 25.7 Å². The SMILES string of the molecule is NC1(CC(=O)Nc2ccc(-n3cncn3)c(F)c2)CCC1. The Morgan fingerprint density at radius 3 is 2.86 bits per heavy atom. The van der Waals surface area contributed by atoms with Crippen LogP contribution in [0.5, 0.6) is 0 Å². The molecule has 0 aliphatic heterocycles. The van der Waals surface area contributed by atoms with Gasteiger partial charge in [-0.3, -0.25) is 4.79 Å². The van der Waals surface area contributed by atoms with Crippen LogP contribution >= 0.6 is 0 Å². The molecule has 1 aliphatic rings. The minimum atomic E-state index is -0.482. The van der Waals surface area contributed by atoms with E-state index in [1.807, 2.05) is 0 Å². The van der Waals surface area contributed by atoms with Gasteiger partial charge >= 0.3 is 0 Å². The lowest BCUT2D eigenvalue weighted by Crippen LogP contribution is -2.48. The smallest absolute Gasteiger partial charge is 0.226 e. The van der Waals surface area contributed by atoms with E-state index in [0.717, 1.165) is 19.3 Å². The van der Waals surface area contributed by atoms with Crippen LogP contribution in [0.3, 0.4) is 0 Å². The molecule has 0 atom stereocenters. The molecule has 3 N–H and O–H groups in total. The molecule has 3 rings (SSSR count). The zero-order valence-electron chi connectivity index (χ0n) is 11.4. The zero-order valence-corrected chi connectivity index (χ0v) is 11.4. The van der Waals surface area contributed by atoms with Gasteiger partial charge in [0.15, 0.2) is 5.82 Å². The van der Waals surface area contributed by atoms with E-state index in [0.29, 0.717) is 5.69 Å². The van der Waals surface area contributed by atoms with Gasteiger partial charge in [0.05, 0.1) is 0 Å². The summed E-state index contributed by atoms with van der Waals surface area (Å²) in [5.74, 6) is -0.672. The Labute approximate surface area is 121 Å². The average molecular weight is 289 g/mol. The summed E-state index contributed by atoms with van der Waals surface area (Å²) in [6.07, 6.45) is 5.78. The van der Waals surface area contributed by atoms with Crippen LogP contribution in [-0.4, -0.2) is 26.2 Å². The van der Waals surface area contributed by atoms with Crippen molar-refractivity contribution in [2.75, 3.05) is 5.32 Å². The highest BCUT2D eigenvalue weighted by molar-refractivity contribution is 5.91. The number of nitrogens with one attached hydrogen (secondary N) is 1. The number of rotatable bonds is 4. The van der Waals surface area contributed by atoms with Crippen molar-refractivity contribution in [2.45, 2.75) is 31.2 Å². The predicted molar refractivity (Wildman–Crippen MR) is 75.3 cm³/mol. The Kier molecular flexibility index (Phi) is 3.42. The van der Waals surface area contributed by atoms with E-state index in [1.54, 1.807) is 12.1 Å². The molecule has 2 aromatic rings. The van der Waals surface area contributed by atoms with Crippen LogP contribution < -0.4 is 11.1 Å². The monoisotopic (exact) mass is 289 g/mol. The van der Waals surface area contributed by atoms with Gasteiger partial charge < -0.3 is 11.1 Å². The van der Waals surface area contributed by atoms with Crippen LogP contribution in [0.25, 0.3) is 5.69 Å². The van der Waals surface area contributed by atoms with E-state index in [1.165, 1.54) is 23.4 Å². The number of amides is 1. The average Bonchev–Trinajstić information content (AvgIpc) is 2.90. The molecular formula is C14H16FN5O. The van der Waals surface area contributed by atoms with Crippen LogP contribution in [0.4, 0.5) is 10.1 Å². The summed E-state index contributed by atoms with van der Waals surface area (Å²) in [5, 5.41) is 6.54. The number of nitrogens with zero attached hydrogens (tertiary/aromatic N) is 3. The first-order valence-electron chi connectivity index (χ1n) is 6.79. The van der Waals surface area contributed by atoms with Crippen LogP contribution in [-0.2, 0) is 4.79 Å². The highest BCUT2D eigenvalue weighted by Crippen LogP contribution is 2.32. The second-order valence-corrected chi connectivity index (χ2v) is 5.45. The molecule has 1 aromatic carbocycles. The third kappa shape index (κ3) is 2.92. The van der Waals surface area contributed by atoms with Crippen LogP contribution in [0.2, 0.25) is 0 Å². The van der Waals surface area contributed by atoms with E-state index >= 15 is 0 Å². The maximum Gasteiger partial charge on any atom is 0.226 e. The van der Waals surface area contributed by atoms with Crippen molar-refractivity contribution in [3.05, 3.63) is 36.7 Å². The Hall–Kier alpha value is -2.28. The second kappa shape index (κ2) is 5.25. The van der Waals surface area contributed by atoms with Gasteiger partial charge in [0, 0.05) is 17.6 Å². The van der Waals surface area contributed by atoms with E-state index in [4.69, 9.17) is 5.73 Å². The number of halogens is 1. The fraction of sp³-hybridized carbons (Fsp3) is 0.357. The second-order valence-electron chi connectivity index (χ2n) is 5.45. The van der Waals surface area contributed by atoms with E-state index in [9.17, 15) is 9.18 Å². The first kappa shape index (κ1) is 13.7. The highest BCUT2D eigenvalue weighted by atomic mass is 19.1. The number of carbonyl (C=O) groups excluding carboxylic acids is 1. The van der Waals surface area contributed by atoms with Crippen molar-refractivity contribution in [1.29, 1.82) is 0 Å². The molecule has 1 aliphatic carbocycles. The molecule has 0 saturated heterocycles. The van der Waals surface area contributed by atoms with Gasteiger partial charge in [-0.2, -0.15) is 5.10 Å². The number of anilines is 1. The number of aromatic nitrogens is 3. The largest absolute Gasteiger partial charge is 0.326 e. The summed E-state index contributed by atoms with van der Waals surface area (Å²) in [6.45, 7) is 0. The third-order valence-electron chi connectivity index (χ3n) is 3.76. The van der Waals surface area contributed by atoms with Crippen molar-refractivity contribution in [2.24, 2.45) is 5.73 Å². The third-order valence-corrected chi connectivity index (χ3v) is 3.76. The topological polar surface area (TPSA) is 85.8 Å². The first-order chi connectivity index (χ1) is 10.1. The summed E-state index contributed by atoms with van der Waals surface area (Å²) in [7, 11) is 0. The summed E-state index contributed by atoms with van der Waals surface area (Å²) >= 11 is 0. The maximum atomic E-state index is 14.0. The fourth-order valence-corrected chi connectivity index (χ4v) is 2.44. The van der Waals surface area contributed by atoms with Gasteiger partial charge in [-0.15, -0.1) is 0 Å². The van der Waals surface area contributed by atoms with Crippen molar-refractivity contribution < 1.29 is 9.18 Å². The molecule has 21 heavy (non-hydrogen) atoms. The van der Waals surface area contributed by atoms with Crippen molar-refractivity contribution in [1.82, 2.24) is 14.8 Å². The summed E-state index contributed by atoms with van der Waals surface area (Å²) in [4.78, 5) is 15.7. The van der Waals surface area contributed by atoms with Gasteiger partial charge in [0.1, 0.15) is 18.3 Å². The number of hydrogen-bond acceptors (Lipinski definition) is 4. The quantitative estimate of drug-likeness (QED) is 0.895. The maximum absolute atomic E-state index is 14.0. The van der Waals surface area contributed by atoms with Gasteiger partial charge in [-0.05, 0) is 37.5 Å². The Balaban J connectivity index is 1.69. The van der Waals surface area contributed by atoms with Gasteiger partial charge in [-0.25, -0.2) is 14.1 Å². The van der Waals surface area contributed by atoms with Gasteiger partial charge in [-0.1, -0.05) is 0 Å². The minimum Gasteiger partial charge on any atom is -0.326 e. The molecule has 1 amide bonds. The minimum absolute atomic E-state index is 0.190. The molecule has 7 heteroatoms. The summed E-state index contributed by atoms with van der Waals surface area (Å²) < 4.78 is 15.3. The molecular weight excluding hydrogens is 273 g/mol. The molecule has 0 spiro atoms. The Morgan fingerprint density at radius 1 is 1.48 bits per heavy atom. The van der Waals surface area contributed by atoms with Crippen molar-refractivity contribution in [3.63, 3.8) is 0 Å². The molecule has 0 bridgehead atoms. The lowest BCUT2D eigenvalue weighted by molar-refractivity contribution is -0.118. The first-order valence-corrected chi connectivity index (χ1v) is 6.79. The molecule has 1 heterocycles. The lowest BCUT2D eigenvalue weighted by atomic mass is 9.75. The van der Waals surface area contributed by atoms with Crippen LogP contribution in [0, 0.1) is 5.82 Å². The van der Waals surface area contributed by atoms with E-state index in [-0.39, 0.29) is 23.6 Å². The molecule has 0 radical (unpaired) electrons.